The molecular weight excluding hydrogens is 459 g/mol. The van der Waals surface area contributed by atoms with Gasteiger partial charge in [0.25, 0.3) is 15.9 Å². The van der Waals surface area contributed by atoms with Crippen LogP contribution in [0.1, 0.15) is 9.67 Å². The molecule has 0 spiro atoms. The first kappa shape index (κ1) is 21.3. The quantitative estimate of drug-likeness (QED) is 0.399. The summed E-state index contributed by atoms with van der Waals surface area (Å²) < 4.78 is 40.8. The third-order valence-corrected chi connectivity index (χ3v) is 7.79. The molecule has 4 rings (SSSR count). The number of hydrogen-bond donors (Lipinski definition) is 1. The summed E-state index contributed by atoms with van der Waals surface area (Å²) in [6, 6.07) is 18.4. The maximum absolute atomic E-state index is 13.2. The largest absolute Gasteiger partial charge is 0.321 e. The highest BCUT2D eigenvalue weighted by Crippen LogP contribution is 2.31. The normalized spacial score (nSPS) is 11.5. The van der Waals surface area contributed by atoms with Crippen molar-refractivity contribution in [2.45, 2.75) is 4.90 Å². The van der Waals surface area contributed by atoms with E-state index in [9.17, 15) is 17.6 Å². The van der Waals surface area contributed by atoms with E-state index < -0.39 is 15.8 Å². The molecule has 31 heavy (non-hydrogen) atoms. The number of carbonyl (C=O) groups is 1. The number of carbonyl (C=O) groups excluding carboxylic acids is 1. The second kappa shape index (κ2) is 8.30. The molecule has 0 bridgehead atoms. The molecule has 0 fully saturated rings. The Balaban J connectivity index is 1.61. The Morgan fingerprint density at radius 3 is 2.48 bits per heavy atom. The third kappa shape index (κ3) is 4.41. The minimum Gasteiger partial charge on any atom is -0.321 e. The van der Waals surface area contributed by atoms with Gasteiger partial charge in [-0.1, -0.05) is 17.7 Å². The predicted molar refractivity (Wildman–Crippen MR) is 123 cm³/mol. The molecule has 0 atom stereocenters. The number of thiophene rings is 1. The van der Waals surface area contributed by atoms with Crippen LogP contribution in [0, 0.1) is 5.82 Å². The zero-order valence-corrected chi connectivity index (χ0v) is 18.6. The summed E-state index contributed by atoms with van der Waals surface area (Å²) in [6.07, 6.45) is 0. The molecule has 0 aliphatic rings. The van der Waals surface area contributed by atoms with Crippen molar-refractivity contribution in [2.24, 2.45) is 0 Å². The standard InChI is InChI=1S/C22H16ClFN2O3S2/c1-26(31(28,29)19-8-5-16(24)6-9-19)18-7-10-20-14(11-18)12-21(30-20)22(27)25-17-4-2-3-15(23)13-17/h2-13H,1H3,(H,25,27). The predicted octanol–water partition coefficient (Wildman–Crippen LogP) is 5.77. The zero-order valence-electron chi connectivity index (χ0n) is 16.2. The van der Waals surface area contributed by atoms with Crippen molar-refractivity contribution < 1.29 is 17.6 Å². The minimum atomic E-state index is -3.85. The fraction of sp³-hybridized carbons (Fsp3) is 0.0455. The molecule has 1 amide bonds. The topological polar surface area (TPSA) is 66.5 Å². The van der Waals surface area contributed by atoms with E-state index in [0.717, 1.165) is 26.5 Å². The lowest BCUT2D eigenvalue weighted by atomic mass is 10.2. The number of amides is 1. The minimum absolute atomic E-state index is 0.0107. The third-order valence-electron chi connectivity index (χ3n) is 4.64. The average Bonchev–Trinajstić information content (AvgIpc) is 3.17. The Labute approximate surface area is 187 Å². The second-order valence-corrected chi connectivity index (χ2v) is 10.2. The van der Waals surface area contributed by atoms with Crippen molar-refractivity contribution >= 4 is 60.3 Å². The van der Waals surface area contributed by atoms with E-state index in [4.69, 9.17) is 11.6 Å². The molecule has 0 aliphatic carbocycles. The van der Waals surface area contributed by atoms with E-state index in [1.807, 2.05) is 0 Å². The van der Waals surface area contributed by atoms with Crippen LogP contribution in [0.25, 0.3) is 10.1 Å². The van der Waals surface area contributed by atoms with Crippen molar-refractivity contribution in [2.75, 3.05) is 16.7 Å². The molecule has 4 aromatic rings. The van der Waals surface area contributed by atoms with Crippen LogP contribution in [0.4, 0.5) is 15.8 Å². The summed E-state index contributed by atoms with van der Waals surface area (Å²) >= 11 is 7.25. The van der Waals surface area contributed by atoms with Crippen molar-refractivity contribution in [3.63, 3.8) is 0 Å². The number of anilines is 2. The molecule has 0 radical (unpaired) electrons. The Hall–Kier alpha value is -2.94. The van der Waals surface area contributed by atoms with Crippen LogP contribution in [0.2, 0.25) is 5.02 Å². The monoisotopic (exact) mass is 474 g/mol. The Morgan fingerprint density at radius 1 is 1.03 bits per heavy atom. The Bertz CT molecular complexity index is 1390. The van der Waals surface area contributed by atoms with Gasteiger partial charge in [-0.15, -0.1) is 11.3 Å². The number of fused-ring (bicyclic) bond motifs is 1. The maximum Gasteiger partial charge on any atom is 0.265 e. The zero-order chi connectivity index (χ0) is 22.2. The summed E-state index contributed by atoms with van der Waals surface area (Å²) in [7, 11) is -2.42. The summed E-state index contributed by atoms with van der Waals surface area (Å²) in [5.74, 6) is -0.790. The first-order valence-electron chi connectivity index (χ1n) is 9.09. The highest BCUT2D eigenvalue weighted by Gasteiger charge is 2.22. The molecule has 5 nitrogen and oxygen atoms in total. The Morgan fingerprint density at radius 2 is 1.77 bits per heavy atom. The fourth-order valence-electron chi connectivity index (χ4n) is 3.00. The van der Waals surface area contributed by atoms with E-state index in [1.54, 1.807) is 48.5 Å². The van der Waals surface area contributed by atoms with Crippen LogP contribution >= 0.6 is 22.9 Å². The summed E-state index contributed by atoms with van der Waals surface area (Å²) in [5.41, 5.74) is 1.01. The first-order valence-corrected chi connectivity index (χ1v) is 11.7. The van der Waals surface area contributed by atoms with Crippen molar-refractivity contribution in [3.8, 4) is 0 Å². The summed E-state index contributed by atoms with van der Waals surface area (Å²) in [6.45, 7) is 0. The number of halogens is 2. The van der Waals surface area contributed by atoms with E-state index in [-0.39, 0.29) is 10.8 Å². The lowest BCUT2D eigenvalue weighted by molar-refractivity contribution is 0.103. The van der Waals surface area contributed by atoms with Gasteiger partial charge in [0, 0.05) is 22.5 Å². The molecular formula is C22H16ClFN2O3S2. The van der Waals surface area contributed by atoms with Gasteiger partial charge in [0.1, 0.15) is 5.82 Å². The number of hydrogen-bond acceptors (Lipinski definition) is 4. The first-order chi connectivity index (χ1) is 14.7. The molecule has 3 aromatic carbocycles. The van der Waals surface area contributed by atoms with Crippen LogP contribution < -0.4 is 9.62 Å². The molecule has 1 heterocycles. The Kier molecular flexibility index (Phi) is 5.70. The van der Waals surface area contributed by atoms with E-state index in [1.165, 1.54) is 30.5 Å². The van der Waals surface area contributed by atoms with Crippen LogP contribution in [-0.2, 0) is 10.0 Å². The molecule has 0 unspecified atom stereocenters. The van der Waals surface area contributed by atoms with E-state index >= 15 is 0 Å². The van der Waals surface area contributed by atoms with Crippen LogP contribution in [0.5, 0.6) is 0 Å². The lowest BCUT2D eigenvalue weighted by Gasteiger charge is -2.19. The van der Waals surface area contributed by atoms with Crippen LogP contribution in [0.15, 0.2) is 77.7 Å². The number of nitrogens with zero attached hydrogens (tertiary/aromatic N) is 1. The molecule has 1 aromatic heterocycles. The smallest absolute Gasteiger partial charge is 0.265 e. The SMILES string of the molecule is CN(c1ccc2sc(C(=O)Nc3cccc(Cl)c3)cc2c1)S(=O)(=O)c1ccc(F)cc1. The van der Waals surface area contributed by atoms with Gasteiger partial charge >= 0.3 is 0 Å². The maximum atomic E-state index is 13.2. The van der Waals surface area contributed by atoms with Gasteiger partial charge in [-0.25, -0.2) is 12.8 Å². The highest BCUT2D eigenvalue weighted by atomic mass is 35.5. The summed E-state index contributed by atoms with van der Waals surface area (Å²) in [4.78, 5) is 13.1. The van der Waals surface area contributed by atoms with Gasteiger partial charge in [-0.3, -0.25) is 9.10 Å². The van der Waals surface area contributed by atoms with Crippen LogP contribution in [-0.4, -0.2) is 21.4 Å². The van der Waals surface area contributed by atoms with Crippen LogP contribution in [0.3, 0.4) is 0 Å². The van der Waals surface area contributed by atoms with Crippen molar-refractivity contribution in [1.82, 2.24) is 0 Å². The van der Waals surface area contributed by atoms with Gasteiger partial charge in [-0.2, -0.15) is 0 Å². The molecule has 0 aliphatic heterocycles. The van der Waals surface area contributed by atoms with Gasteiger partial charge in [0.05, 0.1) is 15.5 Å². The number of nitrogens with one attached hydrogen (secondary N) is 1. The van der Waals surface area contributed by atoms with Crippen molar-refractivity contribution in [3.05, 3.63) is 88.5 Å². The van der Waals surface area contributed by atoms with Crippen molar-refractivity contribution in [1.29, 1.82) is 0 Å². The average molecular weight is 475 g/mol. The fourth-order valence-corrected chi connectivity index (χ4v) is 5.32. The van der Waals surface area contributed by atoms with Gasteiger partial charge in [0.2, 0.25) is 0 Å². The number of sulfonamides is 1. The van der Waals surface area contributed by atoms with Gasteiger partial charge < -0.3 is 5.32 Å². The second-order valence-electron chi connectivity index (χ2n) is 6.72. The van der Waals surface area contributed by atoms with E-state index in [2.05, 4.69) is 5.32 Å². The molecule has 1 N–H and O–H groups in total. The number of benzene rings is 3. The van der Waals surface area contributed by atoms with Gasteiger partial charge in [0.15, 0.2) is 0 Å². The van der Waals surface area contributed by atoms with Gasteiger partial charge in [-0.05, 0) is 72.1 Å². The molecule has 0 saturated carbocycles. The lowest BCUT2D eigenvalue weighted by Crippen LogP contribution is -2.26. The van der Waals surface area contributed by atoms with E-state index in [0.29, 0.717) is 21.3 Å². The highest BCUT2D eigenvalue weighted by molar-refractivity contribution is 7.92. The molecule has 0 saturated heterocycles. The molecule has 9 heteroatoms. The molecule has 158 valence electrons. The summed E-state index contributed by atoms with van der Waals surface area (Å²) in [5, 5.41) is 4.05. The number of rotatable bonds is 5.